The zero-order chi connectivity index (χ0) is 25.6. The lowest BCUT2D eigenvalue weighted by atomic mass is 10.1. The van der Waals surface area contributed by atoms with E-state index in [4.69, 9.17) is 14.9 Å². The van der Waals surface area contributed by atoms with Gasteiger partial charge in [0.15, 0.2) is 5.84 Å². The Bertz CT molecular complexity index is 1520. The van der Waals surface area contributed by atoms with Crippen LogP contribution in [0.5, 0.6) is 11.5 Å². The van der Waals surface area contributed by atoms with E-state index in [1.165, 1.54) is 16.8 Å². The fourth-order valence-corrected chi connectivity index (χ4v) is 5.20. The van der Waals surface area contributed by atoms with Crippen LogP contribution in [0.1, 0.15) is 28.1 Å². The Hall–Kier alpha value is -4.11. The molecule has 0 bridgehead atoms. The fourth-order valence-electron chi connectivity index (χ4n) is 4.32. The van der Waals surface area contributed by atoms with Gasteiger partial charge in [-0.1, -0.05) is 23.8 Å². The maximum atomic E-state index is 13.0. The van der Waals surface area contributed by atoms with Crippen molar-refractivity contribution in [2.24, 2.45) is 10.1 Å². The predicted octanol–water partition coefficient (Wildman–Crippen LogP) is 5.09. The number of nitrogens with one attached hydrogen (secondary N) is 1. The van der Waals surface area contributed by atoms with Gasteiger partial charge >= 0.3 is 0 Å². The summed E-state index contributed by atoms with van der Waals surface area (Å²) in [5, 5.41) is 15.9. The van der Waals surface area contributed by atoms with Crippen molar-refractivity contribution in [1.82, 2.24) is 9.58 Å². The molecule has 0 saturated carbocycles. The molecule has 2 aliphatic heterocycles. The molecule has 0 unspecified atom stereocenters. The van der Waals surface area contributed by atoms with Crippen LogP contribution in [0, 0.1) is 26.2 Å². The van der Waals surface area contributed by atoms with Crippen LogP contribution >= 0.6 is 11.8 Å². The molecule has 8 nitrogen and oxygen atoms in total. The van der Waals surface area contributed by atoms with E-state index in [-0.39, 0.29) is 11.4 Å². The number of carbonyl (C=O) groups is 1. The zero-order valence-corrected chi connectivity index (χ0v) is 21.4. The van der Waals surface area contributed by atoms with Crippen molar-refractivity contribution in [2.45, 2.75) is 20.8 Å². The van der Waals surface area contributed by atoms with Gasteiger partial charge in [-0.05, 0) is 68.4 Å². The Morgan fingerprint density at radius 3 is 2.56 bits per heavy atom. The number of hydrogen-bond acceptors (Lipinski definition) is 6. The van der Waals surface area contributed by atoms with Crippen molar-refractivity contribution in [3.8, 4) is 17.2 Å². The molecule has 0 saturated heterocycles. The predicted molar refractivity (Wildman–Crippen MR) is 144 cm³/mol. The van der Waals surface area contributed by atoms with Gasteiger partial charge in [-0.2, -0.15) is 15.1 Å². The highest BCUT2D eigenvalue weighted by Crippen LogP contribution is 2.34. The van der Waals surface area contributed by atoms with Crippen molar-refractivity contribution in [2.75, 3.05) is 14.2 Å². The maximum absolute atomic E-state index is 13.0. The number of nitrogens with zero attached hydrogens (tertiary/aromatic N) is 4. The van der Waals surface area contributed by atoms with Crippen molar-refractivity contribution in [3.05, 3.63) is 82.2 Å². The van der Waals surface area contributed by atoms with Gasteiger partial charge in [-0.25, -0.2) is 0 Å². The van der Waals surface area contributed by atoms with E-state index >= 15 is 0 Å². The molecular formula is C27H25N5O3S. The molecule has 1 N–H and O–H groups in total. The zero-order valence-electron chi connectivity index (χ0n) is 20.6. The molecule has 1 amide bonds. The van der Waals surface area contributed by atoms with E-state index in [1.54, 1.807) is 20.3 Å². The summed E-state index contributed by atoms with van der Waals surface area (Å²) in [6.07, 6.45) is 1.71. The first kappa shape index (κ1) is 23.6. The molecule has 3 aromatic rings. The third-order valence-electron chi connectivity index (χ3n) is 6.12. The number of thioether (sulfide) groups is 1. The molecule has 36 heavy (non-hydrogen) atoms. The van der Waals surface area contributed by atoms with Gasteiger partial charge in [0.25, 0.3) is 5.91 Å². The number of ether oxygens (including phenoxy) is 2. The number of amides is 1. The number of aromatic nitrogens is 1. The Morgan fingerprint density at radius 2 is 1.83 bits per heavy atom. The Morgan fingerprint density at radius 1 is 1.03 bits per heavy atom. The molecule has 5 rings (SSSR count). The molecule has 2 aliphatic rings. The van der Waals surface area contributed by atoms with Crippen molar-refractivity contribution in [1.29, 1.82) is 5.41 Å². The number of fused-ring (bicyclic) bond motifs is 1. The highest BCUT2D eigenvalue weighted by atomic mass is 32.2. The van der Waals surface area contributed by atoms with Gasteiger partial charge in [0, 0.05) is 23.0 Å². The monoisotopic (exact) mass is 499 g/mol. The highest BCUT2D eigenvalue weighted by molar-refractivity contribution is 8.27. The normalized spacial score (nSPS) is 16.2. The highest BCUT2D eigenvalue weighted by Gasteiger charge is 2.36. The van der Waals surface area contributed by atoms with Gasteiger partial charge in [0.2, 0.25) is 5.17 Å². The number of methoxy groups -OCH3 is 2. The van der Waals surface area contributed by atoms with Crippen LogP contribution in [0.2, 0.25) is 0 Å². The second-order valence-electron chi connectivity index (χ2n) is 8.49. The summed E-state index contributed by atoms with van der Waals surface area (Å²) in [5.74, 6) is 0.917. The first-order chi connectivity index (χ1) is 17.3. The van der Waals surface area contributed by atoms with Crippen LogP contribution in [0.25, 0.3) is 11.8 Å². The molecule has 0 radical (unpaired) electrons. The summed E-state index contributed by atoms with van der Waals surface area (Å²) in [6.45, 7) is 5.96. The number of hydrogen-bond donors (Lipinski definition) is 1. The maximum Gasteiger partial charge on any atom is 0.283 e. The number of carbonyl (C=O) groups excluding carboxylic acids is 1. The number of aryl methyl sites for hydroxylation is 2. The van der Waals surface area contributed by atoms with Crippen LogP contribution in [-0.2, 0) is 4.79 Å². The lowest BCUT2D eigenvalue weighted by Gasteiger charge is -2.20. The fraction of sp³-hybridized carbons (Fsp3) is 0.185. The quantitative estimate of drug-likeness (QED) is 0.494. The van der Waals surface area contributed by atoms with Gasteiger partial charge < -0.3 is 14.0 Å². The van der Waals surface area contributed by atoms with Crippen LogP contribution in [0.4, 0.5) is 0 Å². The molecule has 3 heterocycles. The summed E-state index contributed by atoms with van der Waals surface area (Å²) < 4.78 is 13.0. The van der Waals surface area contributed by atoms with Gasteiger partial charge in [0.1, 0.15) is 16.5 Å². The number of rotatable bonds is 5. The van der Waals surface area contributed by atoms with E-state index in [0.29, 0.717) is 21.7 Å². The van der Waals surface area contributed by atoms with E-state index in [2.05, 4.69) is 14.7 Å². The first-order valence-corrected chi connectivity index (χ1v) is 12.1. The minimum absolute atomic E-state index is 0.00647. The molecule has 0 spiro atoms. The lowest BCUT2D eigenvalue weighted by Crippen LogP contribution is -2.35. The SMILES string of the molecule is COc1ccc(-n2c(C)cc(C=C3C(=N)N4N=C(c5cccc(C)c5)SC4=NC3=O)c2C)c(OC)c1. The Kier molecular flexibility index (Phi) is 6.01. The average Bonchev–Trinajstić information content (AvgIpc) is 3.41. The van der Waals surface area contributed by atoms with E-state index < -0.39 is 5.91 Å². The smallest absolute Gasteiger partial charge is 0.283 e. The second kappa shape index (κ2) is 9.16. The average molecular weight is 500 g/mol. The summed E-state index contributed by atoms with van der Waals surface area (Å²) in [4.78, 5) is 17.2. The van der Waals surface area contributed by atoms with Gasteiger partial charge in [-0.15, -0.1) is 0 Å². The molecular weight excluding hydrogens is 474 g/mol. The summed E-state index contributed by atoms with van der Waals surface area (Å²) >= 11 is 1.30. The number of benzene rings is 2. The first-order valence-electron chi connectivity index (χ1n) is 11.3. The largest absolute Gasteiger partial charge is 0.497 e. The second-order valence-corrected chi connectivity index (χ2v) is 9.45. The number of aliphatic imine (C=N–C) groups is 1. The molecule has 0 fully saturated rings. The van der Waals surface area contributed by atoms with Crippen molar-refractivity contribution < 1.29 is 14.3 Å². The van der Waals surface area contributed by atoms with Crippen molar-refractivity contribution >= 4 is 39.8 Å². The van der Waals surface area contributed by atoms with Crippen LogP contribution < -0.4 is 9.47 Å². The van der Waals surface area contributed by atoms with E-state index in [1.807, 2.05) is 69.3 Å². The standard InChI is InChI=1S/C27H25N5O3S/c1-15-7-6-8-18(11-15)26-30-32-24(28)21(25(33)29-27(32)36-26)13-19-12-16(2)31(17(19)3)22-10-9-20(34-4)14-23(22)35-5/h6-14,28H,1-5H3. The third kappa shape index (κ3) is 4.01. The Labute approximate surface area is 213 Å². The third-order valence-corrected chi connectivity index (χ3v) is 7.07. The van der Waals surface area contributed by atoms with E-state index in [0.717, 1.165) is 33.8 Å². The van der Waals surface area contributed by atoms with Crippen LogP contribution in [-0.4, -0.2) is 45.7 Å². The van der Waals surface area contributed by atoms with Gasteiger partial charge in [0.05, 0.1) is 25.5 Å². The number of amidine groups is 2. The topological polar surface area (TPSA) is 92.3 Å². The van der Waals surface area contributed by atoms with Gasteiger partial charge in [-0.3, -0.25) is 10.2 Å². The van der Waals surface area contributed by atoms with Crippen molar-refractivity contribution in [3.63, 3.8) is 0 Å². The van der Waals surface area contributed by atoms with Crippen LogP contribution in [0.3, 0.4) is 0 Å². The lowest BCUT2D eigenvalue weighted by molar-refractivity contribution is -0.114. The molecule has 0 aliphatic carbocycles. The summed E-state index contributed by atoms with van der Waals surface area (Å²) in [7, 11) is 3.23. The number of hydrazone groups is 1. The molecule has 0 atom stereocenters. The van der Waals surface area contributed by atoms with Crippen LogP contribution in [0.15, 0.2) is 64.2 Å². The summed E-state index contributed by atoms with van der Waals surface area (Å²) in [5.41, 5.74) is 5.75. The molecule has 182 valence electrons. The van der Waals surface area contributed by atoms with E-state index in [9.17, 15) is 4.79 Å². The summed E-state index contributed by atoms with van der Waals surface area (Å²) in [6, 6.07) is 15.6. The minimum Gasteiger partial charge on any atom is -0.497 e. The minimum atomic E-state index is -0.453. The molecule has 2 aromatic carbocycles. The Balaban J connectivity index is 1.52. The molecule has 1 aromatic heterocycles. The molecule has 9 heteroatoms.